The molecule has 4 saturated carbocycles. The Morgan fingerprint density at radius 3 is 2.38 bits per heavy atom. The third kappa shape index (κ3) is 4.28. The number of carbonyl (C=O) groups is 1. The Morgan fingerprint density at radius 1 is 1.05 bits per heavy atom. The number of carbonyl (C=O) groups excluding carboxylic acids is 1. The third-order valence-corrected chi connectivity index (χ3v) is 11.3. The normalized spacial score (nSPS) is 40.1. The predicted molar refractivity (Wildman–Crippen MR) is 134 cm³/mol. The van der Waals surface area contributed by atoms with Crippen LogP contribution in [0.15, 0.2) is 24.3 Å². The summed E-state index contributed by atoms with van der Waals surface area (Å²) in [5, 5.41) is 19.4. The van der Waals surface area contributed by atoms with Crippen molar-refractivity contribution in [1.82, 2.24) is 4.90 Å². The van der Waals surface area contributed by atoms with E-state index in [0.29, 0.717) is 29.7 Å². The minimum absolute atomic E-state index is 0.0383. The summed E-state index contributed by atoms with van der Waals surface area (Å²) < 4.78 is 40.6. The minimum atomic E-state index is -4.56. The first kappa shape index (κ1) is 26.5. The summed E-state index contributed by atoms with van der Waals surface area (Å²) in [7, 11) is 1.88. The van der Waals surface area contributed by atoms with Crippen molar-refractivity contribution in [2.24, 2.45) is 40.9 Å². The number of rotatable bonds is 3. The van der Waals surface area contributed by atoms with E-state index in [4.69, 9.17) is 5.26 Å². The summed E-state index contributed by atoms with van der Waals surface area (Å²) >= 11 is 0. The van der Waals surface area contributed by atoms with Crippen molar-refractivity contribution in [1.29, 1.82) is 5.26 Å². The Bertz CT molecular complexity index is 1070. The van der Waals surface area contributed by atoms with Gasteiger partial charge in [0.2, 0.25) is 5.91 Å². The van der Waals surface area contributed by atoms with E-state index in [1.165, 1.54) is 0 Å². The lowest BCUT2D eigenvalue weighted by molar-refractivity contribution is -0.282. The zero-order chi connectivity index (χ0) is 26.8. The molecular weight excluding hydrogens is 477 g/mol. The molecule has 1 aromatic rings. The van der Waals surface area contributed by atoms with E-state index in [0.717, 1.165) is 44.1 Å². The van der Waals surface area contributed by atoms with Crippen LogP contribution in [0, 0.1) is 52.3 Å². The van der Waals surface area contributed by atoms with Gasteiger partial charge in [-0.05, 0) is 117 Å². The van der Waals surface area contributed by atoms with Gasteiger partial charge in [-0.25, -0.2) is 0 Å². The van der Waals surface area contributed by atoms with Crippen molar-refractivity contribution in [3.05, 3.63) is 35.4 Å². The van der Waals surface area contributed by atoms with Gasteiger partial charge in [-0.2, -0.15) is 18.4 Å². The molecule has 0 radical (unpaired) electrons. The number of nitriles is 1. The van der Waals surface area contributed by atoms with Gasteiger partial charge in [0.15, 0.2) is 5.60 Å². The van der Waals surface area contributed by atoms with Gasteiger partial charge in [-0.3, -0.25) is 4.79 Å². The molecule has 0 aliphatic heterocycles. The molecule has 1 N–H and O–H groups in total. The van der Waals surface area contributed by atoms with Crippen molar-refractivity contribution >= 4 is 5.91 Å². The largest absolute Gasteiger partial charge is 0.417 e. The van der Waals surface area contributed by atoms with Gasteiger partial charge in [0.05, 0.1) is 17.7 Å². The van der Waals surface area contributed by atoms with E-state index >= 15 is 0 Å². The summed E-state index contributed by atoms with van der Waals surface area (Å²) in [5.74, 6) is 1.67. The smallest absolute Gasteiger partial charge is 0.380 e. The molecule has 1 amide bonds. The molecule has 202 valence electrons. The maximum absolute atomic E-state index is 13.8. The van der Waals surface area contributed by atoms with Crippen LogP contribution in [0.2, 0.25) is 0 Å². The van der Waals surface area contributed by atoms with Crippen molar-refractivity contribution in [3.63, 3.8) is 0 Å². The summed E-state index contributed by atoms with van der Waals surface area (Å²) in [6.45, 7) is 4.32. The second-order valence-corrected chi connectivity index (χ2v) is 12.7. The predicted octanol–water partition coefficient (Wildman–Crippen LogP) is 6.64. The van der Waals surface area contributed by atoms with Gasteiger partial charge in [0.1, 0.15) is 0 Å². The Kier molecular flexibility index (Phi) is 6.66. The first-order valence-corrected chi connectivity index (χ1v) is 14.0. The summed E-state index contributed by atoms with van der Waals surface area (Å²) in [6, 6.07) is 9.45. The molecule has 1 aromatic carbocycles. The topological polar surface area (TPSA) is 64.3 Å². The summed E-state index contributed by atoms with van der Waals surface area (Å²) in [6.07, 6.45) is 1.05. The molecule has 4 aliphatic carbocycles. The molecule has 0 unspecified atom stereocenters. The number of hydrogen-bond acceptors (Lipinski definition) is 3. The Labute approximate surface area is 218 Å². The molecule has 7 heteroatoms. The average molecular weight is 517 g/mol. The zero-order valence-corrected chi connectivity index (χ0v) is 22.1. The molecule has 4 fully saturated rings. The highest BCUT2D eigenvalue weighted by atomic mass is 19.4. The number of aliphatic hydroxyl groups is 1. The van der Waals surface area contributed by atoms with Crippen LogP contribution in [0.1, 0.15) is 88.8 Å². The highest BCUT2D eigenvalue weighted by Crippen LogP contribution is 2.65. The van der Waals surface area contributed by atoms with Crippen LogP contribution < -0.4 is 0 Å². The van der Waals surface area contributed by atoms with Crippen molar-refractivity contribution < 1.29 is 23.1 Å². The highest BCUT2D eigenvalue weighted by Gasteiger charge is 2.62. The first-order valence-electron chi connectivity index (χ1n) is 14.0. The number of fused-ring (bicyclic) bond motifs is 5. The fourth-order valence-corrected chi connectivity index (χ4v) is 9.04. The van der Waals surface area contributed by atoms with E-state index in [1.54, 1.807) is 12.1 Å². The van der Waals surface area contributed by atoms with Crippen LogP contribution in [0.25, 0.3) is 0 Å². The Morgan fingerprint density at radius 2 is 1.73 bits per heavy atom. The second kappa shape index (κ2) is 9.29. The molecule has 0 bridgehead atoms. The van der Waals surface area contributed by atoms with Crippen LogP contribution in [0.3, 0.4) is 0 Å². The van der Waals surface area contributed by atoms with Gasteiger partial charge in [0, 0.05) is 13.0 Å². The number of nitrogens with zero attached hydrogens (tertiary/aromatic N) is 2. The zero-order valence-electron chi connectivity index (χ0n) is 22.1. The van der Waals surface area contributed by atoms with Crippen LogP contribution in [-0.2, 0) is 4.79 Å². The fraction of sp³-hybridized carbons (Fsp3) is 0.733. The average Bonchev–Trinajstić information content (AvgIpc) is 3.23. The number of benzene rings is 1. The third-order valence-electron chi connectivity index (χ3n) is 11.3. The van der Waals surface area contributed by atoms with E-state index < -0.39 is 11.8 Å². The number of alkyl halides is 3. The van der Waals surface area contributed by atoms with Gasteiger partial charge < -0.3 is 10.0 Å². The van der Waals surface area contributed by atoms with E-state index in [-0.39, 0.29) is 48.0 Å². The quantitative estimate of drug-likeness (QED) is 0.490. The number of halogens is 3. The molecule has 4 aliphatic rings. The summed E-state index contributed by atoms with van der Waals surface area (Å²) in [4.78, 5) is 15.7. The first-order chi connectivity index (χ1) is 17.4. The molecule has 0 heterocycles. The highest BCUT2D eigenvalue weighted by molar-refractivity contribution is 5.80. The standard InChI is InChI=1S/C30H39F3N2O2/c1-18(20-6-4-19(17-34)5-7-20)35(3)27(36)26-11-10-25-24-9-8-21-16-29(37,30(31,32)33)15-13-22(21)23(24)12-14-28(25,26)2/h4-7,18,21-26,37H,8-16H2,1-3H3/t18-,21-,22+,23-,24-,25+,26-,28+,29-/m1/s1. The lowest BCUT2D eigenvalue weighted by atomic mass is 9.49. The molecule has 9 atom stereocenters. The van der Waals surface area contributed by atoms with Crippen LogP contribution in [0.5, 0.6) is 0 Å². The Balaban J connectivity index is 1.29. The van der Waals surface area contributed by atoms with E-state index in [9.17, 15) is 23.1 Å². The second-order valence-electron chi connectivity index (χ2n) is 12.7. The van der Waals surface area contributed by atoms with Crippen molar-refractivity contribution in [2.45, 2.75) is 89.5 Å². The number of hydrogen-bond donors (Lipinski definition) is 1. The van der Waals surface area contributed by atoms with Gasteiger partial charge >= 0.3 is 6.18 Å². The van der Waals surface area contributed by atoms with E-state index in [2.05, 4.69) is 13.0 Å². The monoisotopic (exact) mass is 516 g/mol. The van der Waals surface area contributed by atoms with Crippen LogP contribution in [0.4, 0.5) is 13.2 Å². The fourth-order valence-electron chi connectivity index (χ4n) is 9.04. The lowest BCUT2D eigenvalue weighted by Gasteiger charge is -2.57. The van der Waals surface area contributed by atoms with Crippen LogP contribution in [-0.4, -0.2) is 34.7 Å². The summed E-state index contributed by atoms with van der Waals surface area (Å²) in [5.41, 5.74) is -0.993. The molecular formula is C30H39F3N2O2. The maximum Gasteiger partial charge on any atom is 0.417 e. The SMILES string of the molecule is C[C@H](c1ccc(C#N)cc1)N(C)C(=O)[C@H]1CC[C@H]2[C@@H]3CC[C@@H]4C[C@@](O)(C(F)(F)F)CC[C@@H]4[C@H]3CC[C@]12C. The van der Waals surface area contributed by atoms with Gasteiger partial charge in [-0.15, -0.1) is 0 Å². The lowest BCUT2D eigenvalue weighted by Crippen LogP contribution is -2.55. The number of amides is 1. The van der Waals surface area contributed by atoms with Crippen LogP contribution >= 0.6 is 0 Å². The maximum atomic E-state index is 13.8. The Hall–Kier alpha value is -2.07. The molecule has 5 rings (SSSR count). The molecule has 0 aromatic heterocycles. The van der Waals surface area contributed by atoms with E-state index in [1.807, 2.05) is 31.0 Å². The molecule has 0 spiro atoms. The van der Waals surface area contributed by atoms with Crippen molar-refractivity contribution in [2.75, 3.05) is 7.05 Å². The molecule has 0 saturated heterocycles. The van der Waals surface area contributed by atoms with Crippen molar-refractivity contribution in [3.8, 4) is 6.07 Å². The van der Waals surface area contributed by atoms with Gasteiger partial charge in [-0.1, -0.05) is 19.1 Å². The minimum Gasteiger partial charge on any atom is -0.380 e. The van der Waals surface area contributed by atoms with Gasteiger partial charge in [0.25, 0.3) is 0 Å². The molecule has 4 nitrogen and oxygen atoms in total. The molecule has 37 heavy (non-hydrogen) atoms.